The number of hydrogen-bond donors (Lipinski definition) is 4. The molecule has 0 radical (unpaired) electrons. The highest BCUT2D eigenvalue weighted by atomic mass is 16.3. The minimum Gasteiger partial charge on any atom is -0.467 e. The van der Waals surface area contributed by atoms with Crippen LogP contribution in [0, 0.1) is 0 Å². The molecule has 0 bridgehead atoms. The first-order valence-electron chi connectivity index (χ1n) is 9.99. The lowest BCUT2D eigenvalue weighted by molar-refractivity contribution is -0.121. The zero-order valence-corrected chi connectivity index (χ0v) is 18.0. The predicted molar refractivity (Wildman–Crippen MR) is 117 cm³/mol. The van der Waals surface area contributed by atoms with Crippen LogP contribution < -0.4 is 21.3 Å². The monoisotopic (exact) mass is 413 g/mol. The summed E-state index contributed by atoms with van der Waals surface area (Å²) in [6.07, 6.45) is 1.57. The summed E-state index contributed by atoms with van der Waals surface area (Å²) >= 11 is 0. The molecule has 8 heteroatoms. The summed E-state index contributed by atoms with van der Waals surface area (Å²) in [7, 11) is 0. The molecule has 0 unspecified atom stereocenters. The van der Waals surface area contributed by atoms with Gasteiger partial charge in [0.05, 0.1) is 25.9 Å². The van der Waals surface area contributed by atoms with Gasteiger partial charge in [0.25, 0.3) is 5.91 Å². The first kappa shape index (κ1) is 23.0. The van der Waals surface area contributed by atoms with E-state index >= 15 is 0 Å². The molecule has 0 aliphatic rings. The van der Waals surface area contributed by atoms with Gasteiger partial charge in [-0.3, -0.25) is 9.59 Å². The van der Waals surface area contributed by atoms with Crippen LogP contribution in [0.1, 0.15) is 49.4 Å². The van der Waals surface area contributed by atoms with E-state index in [0.717, 1.165) is 5.56 Å². The maximum absolute atomic E-state index is 12.4. The first-order chi connectivity index (χ1) is 14.3. The molecule has 8 nitrogen and oxygen atoms in total. The topological polar surface area (TPSA) is 108 Å². The Morgan fingerprint density at radius 3 is 2.53 bits per heavy atom. The van der Waals surface area contributed by atoms with E-state index in [1.807, 2.05) is 45.9 Å². The van der Waals surface area contributed by atoms with Crippen molar-refractivity contribution in [1.82, 2.24) is 21.3 Å². The van der Waals surface area contributed by atoms with Crippen LogP contribution in [-0.2, 0) is 17.9 Å². The van der Waals surface area contributed by atoms with E-state index in [-0.39, 0.29) is 23.9 Å². The minimum absolute atomic E-state index is 0.108. The standard InChI is InChI=1S/C22H31N5O3/c1-5-23-21(26-15-19(28)27-22(2,3)4)25-13-16-8-6-9-17(12-16)20(29)24-14-18-10-7-11-30-18/h6-12H,5,13-15H2,1-4H3,(H,24,29)(H,27,28)(H2,23,25,26). The SMILES string of the molecule is CCNC(=NCc1cccc(C(=O)NCc2ccco2)c1)NCC(=O)NC(C)(C)C. The van der Waals surface area contributed by atoms with Gasteiger partial charge >= 0.3 is 0 Å². The summed E-state index contributed by atoms with van der Waals surface area (Å²) in [6, 6.07) is 10.9. The quantitative estimate of drug-likeness (QED) is 0.392. The van der Waals surface area contributed by atoms with Gasteiger partial charge in [0, 0.05) is 17.6 Å². The lowest BCUT2D eigenvalue weighted by Crippen LogP contribution is -2.48. The summed E-state index contributed by atoms with van der Waals surface area (Å²) in [5.74, 6) is 0.944. The smallest absolute Gasteiger partial charge is 0.251 e. The van der Waals surface area contributed by atoms with Crippen LogP contribution in [0.4, 0.5) is 0 Å². The summed E-state index contributed by atoms with van der Waals surface area (Å²) in [5, 5.41) is 11.9. The number of nitrogens with zero attached hydrogens (tertiary/aromatic N) is 1. The predicted octanol–water partition coefficient (Wildman–Crippen LogP) is 2.18. The van der Waals surface area contributed by atoms with Crippen LogP contribution in [0.2, 0.25) is 0 Å². The lowest BCUT2D eigenvalue weighted by Gasteiger charge is -2.21. The molecule has 0 fully saturated rings. The Morgan fingerprint density at radius 1 is 1.07 bits per heavy atom. The summed E-state index contributed by atoms with van der Waals surface area (Å²) in [5.41, 5.74) is 1.15. The Morgan fingerprint density at radius 2 is 1.87 bits per heavy atom. The van der Waals surface area contributed by atoms with Crippen LogP contribution in [0.3, 0.4) is 0 Å². The zero-order chi connectivity index (χ0) is 22.0. The largest absolute Gasteiger partial charge is 0.467 e. The molecular formula is C22H31N5O3. The number of guanidine groups is 1. The van der Waals surface area contributed by atoms with Crippen molar-refractivity contribution in [3.05, 3.63) is 59.5 Å². The number of amides is 2. The molecule has 0 saturated carbocycles. The van der Waals surface area contributed by atoms with Crippen molar-refractivity contribution in [2.24, 2.45) is 4.99 Å². The second-order valence-electron chi connectivity index (χ2n) is 7.81. The number of carbonyl (C=O) groups is 2. The Balaban J connectivity index is 1.93. The van der Waals surface area contributed by atoms with Gasteiger partial charge in [0.15, 0.2) is 5.96 Å². The van der Waals surface area contributed by atoms with Crippen molar-refractivity contribution in [2.75, 3.05) is 13.1 Å². The van der Waals surface area contributed by atoms with Gasteiger partial charge in [-0.05, 0) is 57.5 Å². The normalized spacial score (nSPS) is 11.7. The molecule has 1 heterocycles. The molecule has 2 amide bonds. The number of hydrogen-bond acceptors (Lipinski definition) is 4. The Kier molecular flexibility index (Phi) is 8.46. The maximum atomic E-state index is 12.4. The molecule has 162 valence electrons. The van der Waals surface area contributed by atoms with Crippen molar-refractivity contribution in [2.45, 2.75) is 46.3 Å². The fourth-order valence-corrected chi connectivity index (χ4v) is 2.63. The van der Waals surface area contributed by atoms with Gasteiger partial charge in [-0.2, -0.15) is 0 Å². The van der Waals surface area contributed by atoms with Gasteiger partial charge < -0.3 is 25.7 Å². The van der Waals surface area contributed by atoms with E-state index in [9.17, 15) is 9.59 Å². The van der Waals surface area contributed by atoms with E-state index in [1.165, 1.54) is 0 Å². The molecule has 4 N–H and O–H groups in total. The van der Waals surface area contributed by atoms with Gasteiger partial charge in [-0.15, -0.1) is 0 Å². The average molecular weight is 414 g/mol. The highest BCUT2D eigenvalue weighted by Gasteiger charge is 2.13. The van der Waals surface area contributed by atoms with Crippen molar-refractivity contribution in [3.8, 4) is 0 Å². The van der Waals surface area contributed by atoms with Gasteiger partial charge in [0.1, 0.15) is 5.76 Å². The fraction of sp³-hybridized carbons (Fsp3) is 0.409. The molecule has 30 heavy (non-hydrogen) atoms. The second-order valence-corrected chi connectivity index (χ2v) is 7.81. The molecular weight excluding hydrogens is 382 g/mol. The van der Waals surface area contributed by atoms with Gasteiger partial charge in [-0.1, -0.05) is 12.1 Å². The van der Waals surface area contributed by atoms with Crippen LogP contribution in [0.5, 0.6) is 0 Å². The average Bonchev–Trinajstić information content (AvgIpc) is 3.21. The highest BCUT2D eigenvalue weighted by molar-refractivity contribution is 5.94. The third-order valence-electron chi connectivity index (χ3n) is 3.89. The van der Waals surface area contributed by atoms with Crippen LogP contribution >= 0.6 is 0 Å². The summed E-state index contributed by atoms with van der Waals surface area (Å²) < 4.78 is 5.22. The molecule has 1 aromatic heterocycles. The van der Waals surface area contributed by atoms with Crippen molar-refractivity contribution < 1.29 is 14.0 Å². The van der Waals surface area contributed by atoms with Crippen molar-refractivity contribution >= 4 is 17.8 Å². The number of carbonyl (C=O) groups excluding carboxylic acids is 2. The molecule has 0 spiro atoms. The first-order valence-corrected chi connectivity index (χ1v) is 9.99. The molecule has 0 saturated heterocycles. The number of nitrogens with one attached hydrogen (secondary N) is 4. The summed E-state index contributed by atoms with van der Waals surface area (Å²) in [6.45, 7) is 9.25. The van der Waals surface area contributed by atoms with Crippen LogP contribution in [0.25, 0.3) is 0 Å². The van der Waals surface area contributed by atoms with E-state index in [0.29, 0.717) is 36.9 Å². The molecule has 1 aromatic carbocycles. The number of rotatable bonds is 8. The Hall–Kier alpha value is -3.29. The molecule has 0 aliphatic heterocycles. The third-order valence-corrected chi connectivity index (χ3v) is 3.89. The zero-order valence-electron chi connectivity index (χ0n) is 18.0. The van der Waals surface area contributed by atoms with Crippen LogP contribution in [0.15, 0.2) is 52.1 Å². The van der Waals surface area contributed by atoms with E-state index in [4.69, 9.17) is 4.42 Å². The highest BCUT2D eigenvalue weighted by Crippen LogP contribution is 2.08. The van der Waals surface area contributed by atoms with Crippen LogP contribution in [-0.4, -0.2) is 36.4 Å². The Labute approximate surface area is 177 Å². The molecule has 2 rings (SSSR count). The Bertz CT molecular complexity index is 854. The van der Waals surface area contributed by atoms with E-state index < -0.39 is 0 Å². The number of aliphatic imine (C=N–C) groups is 1. The van der Waals surface area contributed by atoms with Gasteiger partial charge in [0.2, 0.25) is 5.91 Å². The number of furan rings is 1. The third kappa shape index (κ3) is 8.38. The van der Waals surface area contributed by atoms with E-state index in [1.54, 1.807) is 24.5 Å². The lowest BCUT2D eigenvalue weighted by atomic mass is 10.1. The molecule has 0 aliphatic carbocycles. The molecule has 0 atom stereocenters. The van der Waals surface area contributed by atoms with Crippen molar-refractivity contribution in [1.29, 1.82) is 0 Å². The van der Waals surface area contributed by atoms with E-state index in [2.05, 4.69) is 26.3 Å². The van der Waals surface area contributed by atoms with Gasteiger partial charge in [-0.25, -0.2) is 4.99 Å². The molecule has 2 aromatic rings. The maximum Gasteiger partial charge on any atom is 0.251 e. The summed E-state index contributed by atoms with van der Waals surface area (Å²) in [4.78, 5) is 28.9. The number of benzene rings is 1. The minimum atomic E-state index is -0.286. The fourth-order valence-electron chi connectivity index (χ4n) is 2.63. The van der Waals surface area contributed by atoms with Crippen molar-refractivity contribution in [3.63, 3.8) is 0 Å². The second kappa shape index (κ2) is 11.0.